The fourth-order valence-corrected chi connectivity index (χ4v) is 3.50. The first kappa shape index (κ1) is 21.3. The van der Waals surface area contributed by atoms with Crippen molar-refractivity contribution in [3.63, 3.8) is 0 Å². The second-order valence-electron chi connectivity index (χ2n) is 6.08. The fraction of sp³-hybridized carbons (Fsp3) is 0.190. The van der Waals surface area contributed by atoms with Gasteiger partial charge in [-0.3, -0.25) is 14.5 Å². The molecule has 1 aliphatic heterocycles. The fourth-order valence-electron chi connectivity index (χ4n) is 2.63. The molecule has 8 nitrogen and oxygen atoms in total. The predicted octanol–water partition coefficient (Wildman–Crippen LogP) is 3.27. The summed E-state index contributed by atoms with van der Waals surface area (Å²) in [6, 6.07) is 13.7. The van der Waals surface area contributed by atoms with Gasteiger partial charge < -0.3 is 19.3 Å². The number of nitrogens with zero attached hydrogens (tertiary/aromatic N) is 1. The lowest BCUT2D eigenvalue weighted by atomic mass is 10.2. The molecule has 1 fully saturated rings. The molecule has 0 aliphatic carbocycles. The number of amides is 2. The van der Waals surface area contributed by atoms with Gasteiger partial charge in [0.1, 0.15) is 12.4 Å². The van der Waals surface area contributed by atoms with Gasteiger partial charge in [0.25, 0.3) is 11.1 Å². The van der Waals surface area contributed by atoms with Crippen molar-refractivity contribution < 1.29 is 33.7 Å². The number of aliphatic carboxylic acids is 1. The zero-order valence-corrected chi connectivity index (χ0v) is 16.9. The highest BCUT2D eigenvalue weighted by molar-refractivity contribution is 8.18. The van der Waals surface area contributed by atoms with Crippen molar-refractivity contribution in [3.8, 4) is 17.2 Å². The summed E-state index contributed by atoms with van der Waals surface area (Å²) in [5.74, 6) is 0.0495. The average Bonchev–Trinajstić information content (AvgIpc) is 3.01. The number of carbonyl (C=O) groups excluding carboxylic acids is 2. The van der Waals surface area contributed by atoms with Gasteiger partial charge in [0.15, 0.2) is 18.1 Å². The van der Waals surface area contributed by atoms with Crippen molar-refractivity contribution in [3.05, 3.63) is 59.0 Å². The van der Waals surface area contributed by atoms with E-state index in [2.05, 4.69) is 0 Å². The Kier molecular flexibility index (Phi) is 6.97. The lowest BCUT2D eigenvalue weighted by Crippen LogP contribution is -2.32. The Morgan fingerprint density at radius 2 is 1.77 bits per heavy atom. The van der Waals surface area contributed by atoms with Crippen LogP contribution in [0.25, 0.3) is 6.08 Å². The van der Waals surface area contributed by atoms with E-state index in [1.807, 2.05) is 6.07 Å². The van der Waals surface area contributed by atoms with Crippen LogP contribution in [0, 0.1) is 0 Å². The SMILES string of the molecule is COc1ccccc1OCCN1C(=O)S/C(=C\c2ccc(OCC(=O)O)cc2)C1=O. The third-order valence-electron chi connectivity index (χ3n) is 4.06. The topological polar surface area (TPSA) is 102 Å². The Labute approximate surface area is 177 Å². The van der Waals surface area contributed by atoms with Crippen LogP contribution in [-0.4, -0.2) is 54.0 Å². The summed E-state index contributed by atoms with van der Waals surface area (Å²) >= 11 is 0.858. The smallest absolute Gasteiger partial charge is 0.341 e. The molecular formula is C21H19NO7S. The van der Waals surface area contributed by atoms with Gasteiger partial charge in [0.05, 0.1) is 18.6 Å². The van der Waals surface area contributed by atoms with Crippen LogP contribution in [0.4, 0.5) is 4.79 Å². The molecule has 30 heavy (non-hydrogen) atoms. The van der Waals surface area contributed by atoms with Crippen LogP contribution >= 0.6 is 11.8 Å². The third-order valence-corrected chi connectivity index (χ3v) is 4.96. The second-order valence-corrected chi connectivity index (χ2v) is 7.08. The van der Waals surface area contributed by atoms with E-state index in [-0.39, 0.29) is 24.3 Å². The van der Waals surface area contributed by atoms with Crippen LogP contribution in [0.3, 0.4) is 0 Å². The minimum absolute atomic E-state index is 0.113. The molecule has 0 saturated carbocycles. The van der Waals surface area contributed by atoms with Crippen molar-refractivity contribution in [1.29, 1.82) is 0 Å². The van der Waals surface area contributed by atoms with Gasteiger partial charge in [-0.1, -0.05) is 24.3 Å². The van der Waals surface area contributed by atoms with Crippen molar-refractivity contribution in [2.45, 2.75) is 0 Å². The maximum absolute atomic E-state index is 12.6. The van der Waals surface area contributed by atoms with E-state index in [1.54, 1.807) is 48.5 Å². The van der Waals surface area contributed by atoms with Crippen LogP contribution in [-0.2, 0) is 9.59 Å². The molecule has 9 heteroatoms. The molecule has 0 spiro atoms. The maximum Gasteiger partial charge on any atom is 0.341 e. The average molecular weight is 429 g/mol. The van der Waals surface area contributed by atoms with Crippen LogP contribution in [0.2, 0.25) is 0 Å². The van der Waals surface area contributed by atoms with Crippen LogP contribution < -0.4 is 14.2 Å². The highest BCUT2D eigenvalue weighted by Crippen LogP contribution is 2.32. The van der Waals surface area contributed by atoms with Gasteiger partial charge in [-0.15, -0.1) is 0 Å². The standard InChI is InChI=1S/C21H19NO7S/c1-27-16-4-2-3-5-17(16)28-11-10-22-20(25)18(30-21(22)26)12-14-6-8-15(9-7-14)29-13-19(23)24/h2-9,12H,10-11,13H2,1H3,(H,23,24)/b18-12-. The van der Waals surface area contributed by atoms with E-state index in [4.69, 9.17) is 19.3 Å². The number of carbonyl (C=O) groups is 3. The normalized spacial score (nSPS) is 14.8. The van der Waals surface area contributed by atoms with E-state index in [9.17, 15) is 14.4 Å². The van der Waals surface area contributed by atoms with E-state index >= 15 is 0 Å². The van der Waals surface area contributed by atoms with Gasteiger partial charge in [-0.2, -0.15) is 0 Å². The molecule has 0 bridgehead atoms. The largest absolute Gasteiger partial charge is 0.493 e. The third kappa shape index (κ3) is 5.32. The summed E-state index contributed by atoms with van der Waals surface area (Å²) in [5, 5.41) is 8.26. The number of hydrogen-bond donors (Lipinski definition) is 1. The molecule has 1 saturated heterocycles. The molecule has 1 heterocycles. The minimum Gasteiger partial charge on any atom is -0.493 e. The second kappa shape index (κ2) is 9.84. The number of benzene rings is 2. The van der Waals surface area contributed by atoms with Crippen molar-refractivity contribution in [2.75, 3.05) is 26.9 Å². The van der Waals surface area contributed by atoms with Gasteiger partial charge in [-0.25, -0.2) is 4.79 Å². The molecule has 2 amide bonds. The number of hydrogen-bond acceptors (Lipinski definition) is 7. The summed E-state index contributed by atoms with van der Waals surface area (Å²) in [5.41, 5.74) is 0.688. The molecule has 1 N–H and O–H groups in total. The summed E-state index contributed by atoms with van der Waals surface area (Å²) in [6.45, 7) is -0.182. The molecule has 156 valence electrons. The number of rotatable bonds is 9. The molecule has 1 aliphatic rings. The number of para-hydroxylation sites is 2. The maximum atomic E-state index is 12.6. The summed E-state index contributed by atoms with van der Waals surface area (Å²) in [6.07, 6.45) is 1.60. The summed E-state index contributed by atoms with van der Waals surface area (Å²) in [4.78, 5) is 36.8. The molecule has 2 aromatic rings. The number of carboxylic acids is 1. The first-order valence-corrected chi connectivity index (χ1v) is 9.75. The zero-order valence-electron chi connectivity index (χ0n) is 16.1. The van der Waals surface area contributed by atoms with Crippen molar-refractivity contribution in [2.24, 2.45) is 0 Å². The Morgan fingerprint density at radius 3 is 2.43 bits per heavy atom. The summed E-state index contributed by atoms with van der Waals surface area (Å²) in [7, 11) is 1.54. The Hall–Kier alpha value is -3.46. The van der Waals surface area contributed by atoms with Crippen molar-refractivity contribution >= 4 is 35.0 Å². The van der Waals surface area contributed by atoms with Crippen molar-refractivity contribution in [1.82, 2.24) is 4.90 Å². The van der Waals surface area contributed by atoms with E-state index < -0.39 is 12.6 Å². The van der Waals surface area contributed by atoms with Crippen LogP contribution in [0.1, 0.15) is 5.56 Å². The number of imide groups is 1. The van der Waals surface area contributed by atoms with E-state index in [0.717, 1.165) is 16.7 Å². The molecule has 2 aromatic carbocycles. The molecule has 0 unspecified atom stereocenters. The highest BCUT2D eigenvalue weighted by atomic mass is 32.2. The van der Waals surface area contributed by atoms with E-state index in [1.165, 1.54) is 7.11 Å². The molecule has 0 radical (unpaired) electrons. The van der Waals surface area contributed by atoms with Gasteiger partial charge in [-0.05, 0) is 47.7 Å². The number of methoxy groups -OCH3 is 1. The minimum atomic E-state index is -1.07. The number of thioether (sulfide) groups is 1. The Balaban J connectivity index is 1.59. The lowest BCUT2D eigenvalue weighted by molar-refractivity contribution is -0.139. The highest BCUT2D eigenvalue weighted by Gasteiger charge is 2.34. The van der Waals surface area contributed by atoms with Crippen LogP contribution in [0.5, 0.6) is 17.2 Å². The van der Waals surface area contributed by atoms with Gasteiger partial charge in [0.2, 0.25) is 0 Å². The molecule has 3 rings (SSSR count). The molecular weight excluding hydrogens is 410 g/mol. The Morgan fingerprint density at radius 1 is 1.07 bits per heavy atom. The van der Waals surface area contributed by atoms with E-state index in [0.29, 0.717) is 27.7 Å². The summed E-state index contributed by atoms with van der Waals surface area (Å²) < 4.78 is 15.9. The zero-order chi connectivity index (χ0) is 21.5. The first-order chi connectivity index (χ1) is 14.5. The Bertz CT molecular complexity index is 972. The number of ether oxygens (including phenoxy) is 3. The molecule has 0 aromatic heterocycles. The number of carboxylic acid groups (broad SMARTS) is 1. The predicted molar refractivity (Wildman–Crippen MR) is 111 cm³/mol. The molecule has 0 atom stereocenters. The quantitative estimate of drug-likeness (QED) is 0.606. The monoisotopic (exact) mass is 429 g/mol. The van der Waals surface area contributed by atoms with Gasteiger partial charge >= 0.3 is 5.97 Å². The lowest BCUT2D eigenvalue weighted by Gasteiger charge is -2.14. The first-order valence-electron chi connectivity index (χ1n) is 8.94. The van der Waals surface area contributed by atoms with Gasteiger partial charge in [0, 0.05) is 0 Å². The van der Waals surface area contributed by atoms with Crippen LogP contribution in [0.15, 0.2) is 53.4 Å².